The Labute approximate surface area is 413 Å². The summed E-state index contributed by atoms with van der Waals surface area (Å²) in [7, 11) is 0. The van der Waals surface area contributed by atoms with Gasteiger partial charge in [-0.3, -0.25) is 0 Å². The Morgan fingerprint density at radius 2 is 0.648 bits per heavy atom. The number of benzene rings is 11. The molecule has 11 aromatic carbocycles. The van der Waals surface area contributed by atoms with Gasteiger partial charge in [0.2, 0.25) is 0 Å². The van der Waals surface area contributed by atoms with Gasteiger partial charge in [-0.1, -0.05) is 224 Å². The quantitative estimate of drug-likeness (QED) is 0.159. The van der Waals surface area contributed by atoms with Gasteiger partial charge in [-0.05, 0) is 142 Å². The first-order chi connectivity index (χ1) is 35.2. The van der Waals surface area contributed by atoms with Crippen LogP contribution in [-0.2, 0) is 5.41 Å². The summed E-state index contributed by atoms with van der Waals surface area (Å²) in [5.41, 5.74) is 24.2. The van der Waals surface area contributed by atoms with E-state index in [1.54, 1.807) is 0 Å². The molecule has 1 heterocycles. The van der Waals surface area contributed by atoms with Crippen molar-refractivity contribution in [2.45, 2.75) is 5.41 Å². The average molecular weight is 901 g/mol. The fourth-order valence-electron chi connectivity index (χ4n) is 11.6. The monoisotopic (exact) mass is 900 g/mol. The third-order valence-electron chi connectivity index (χ3n) is 14.9. The van der Waals surface area contributed by atoms with E-state index in [4.69, 9.17) is 9.97 Å². The molecule has 0 unspecified atom stereocenters. The Hall–Kier alpha value is -9.24. The van der Waals surface area contributed by atoms with Crippen LogP contribution in [0.1, 0.15) is 22.3 Å². The third-order valence-corrected chi connectivity index (χ3v) is 14.9. The molecule has 0 atom stereocenters. The van der Waals surface area contributed by atoms with Crippen molar-refractivity contribution in [1.82, 2.24) is 9.97 Å². The van der Waals surface area contributed by atoms with Crippen molar-refractivity contribution in [3.8, 4) is 101 Å². The number of aromatic nitrogens is 2. The highest BCUT2D eigenvalue weighted by atomic mass is 14.9. The molecular weight excluding hydrogens is 857 g/mol. The van der Waals surface area contributed by atoms with Crippen LogP contribution in [-0.4, -0.2) is 9.97 Å². The van der Waals surface area contributed by atoms with E-state index in [1.165, 1.54) is 77.5 Å². The van der Waals surface area contributed by atoms with Gasteiger partial charge in [-0.15, -0.1) is 0 Å². The van der Waals surface area contributed by atoms with Gasteiger partial charge >= 0.3 is 0 Å². The second-order valence-corrected chi connectivity index (χ2v) is 18.8. The lowest BCUT2D eigenvalue weighted by Gasteiger charge is -2.31. The van der Waals surface area contributed by atoms with Gasteiger partial charge in [-0.25, -0.2) is 9.97 Å². The van der Waals surface area contributed by atoms with E-state index in [0.29, 0.717) is 5.82 Å². The minimum absolute atomic E-state index is 0.461. The zero-order valence-electron chi connectivity index (χ0n) is 38.8. The highest BCUT2D eigenvalue weighted by Crippen LogP contribution is 2.63. The molecule has 2 aliphatic carbocycles. The van der Waals surface area contributed by atoms with Crippen molar-refractivity contribution in [3.05, 3.63) is 289 Å². The minimum atomic E-state index is -0.461. The molecular formula is C69H44N2. The van der Waals surface area contributed by atoms with Gasteiger partial charge < -0.3 is 0 Å². The molecule has 0 aliphatic heterocycles. The lowest BCUT2D eigenvalue weighted by atomic mass is 9.70. The summed E-state index contributed by atoms with van der Waals surface area (Å²) in [5, 5.41) is 2.46. The van der Waals surface area contributed by atoms with Crippen molar-refractivity contribution < 1.29 is 0 Å². The Morgan fingerprint density at radius 3 is 1.31 bits per heavy atom. The smallest absolute Gasteiger partial charge is 0.160 e. The predicted molar refractivity (Wildman–Crippen MR) is 294 cm³/mol. The largest absolute Gasteiger partial charge is 0.228 e. The van der Waals surface area contributed by atoms with Gasteiger partial charge in [0, 0.05) is 16.7 Å². The van der Waals surface area contributed by atoms with Crippen LogP contribution >= 0.6 is 0 Å². The zero-order chi connectivity index (χ0) is 46.9. The Balaban J connectivity index is 0.939. The second-order valence-electron chi connectivity index (χ2n) is 18.8. The fraction of sp³-hybridized carbons (Fsp3) is 0.0145. The van der Waals surface area contributed by atoms with Crippen molar-refractivity contribution in [2.75, 3.05) is 0 Å². The summed E-state index contributed by atoms with van der Waals surface area (Å²) in [6.07, 6.45) is 0. The standard InChI is InChI=1S/C69H44N2/c1-3-18-45(19-4-1)49-24-16-28-54(40-49)67-44-66(47-21-5-2-6-22-47)70-68(71-67)55-29-17-26-51(41-55)50-25-15-27-52(39-50)60-43-65-61(42-59(60)53-37-36-46-20-7-8-23-48(46)38-53)58-32-11-14-35-64(58)69(65)62-33-12-9-30-56(62)57-31-10-13-34-63(57)69/h1-44H. The lowest BCUT2D eigenvalue weighted by molar-refractivity contribution is 0.794. The average Bonchev–Trinajstić information content (AvgIpc) is 3.92. The van der Waals surface area contributed by atoms with Gasteiger partial charge in [0.05, 0.1) is 16.8 Å². The summed E-state index contributed by atoms with van der Waals surface area (Å²) < 4.78 is 0. The van der Waals surface area contributed by atoms with E-state index >= 15 is 0 Å². The SMILES string of the molecule is c1ccc(-c2cccc(-c3cc(-c4ccccc4)nc(-c4cccc(-c5cccc(-c6cc7c(cc6-c6ccc8ccccc8c6)-c6ccccc6C76c7ccccc7-c7ccccc76)c5)c4)n3)c2)cc1. The molecule has 14 rings (SSSR count). The molecule has 0 N–H and O–H groups in total. The van der Waals surface area contributed by atoms with Gasteiger partial charge in [0.25, 0.3) is 0 Å². The molecule has 0 radical (unpaired) electrons. The Bertz CT molecular complexity index is 4010. The summed E-state index contributed by atoms with van der Waals surface area (Å²) in [6.45, 7) is 0. The summed E-state index contributed by atoms with van der Waals surface area (Å²) in [5.74, 6) is 0.684. The number of hydrogen-bond donors (Lipinski definition) is 0. The normalized spacial score (nSPS) is 12.6. The molecule has 12 aromatic rings. The predicted octanol–water partition coefficient (Wildman–Crippen LogP) is 17.6. The first kappa shape index (κ1) is 40.8. The Kier molecular flexibility index (Phi) is 9.47. The Morgan fingerprint density at radius 1 is 0.211 bits per heavy atom. The van der Waals surface area contributed by atoms with E-state index in [-0.39, 0.29) is 0 Å². The molecule has 2 aliphatic rings. The van der Waals surface area contributed by atoms with E-state index < -0.39 is 5.41 Å². The molecule has 0 fully saturated rings. The fourth-order valence-corrected chi connectivity index (χ4v) is 11.6. The number of nitrogens with zero attached hydrogens (tertiary/aromatic N) is 2. The van der Waals surface area contributed by atoms with E-state index in [9.17, 15) is 0 Å². The van der Waals surface area contributed by atoms with Crippen LogP contribution in [0.2, 0.25) is 0 Å². The first-order valence-corrected chi connectivity index (χ1v) is 24.5. The topological polar surface area (TPSA) is 25.8 Å². The summed E-state index contributed by atoms with van der Waals surface area (Å²) >= 11 is 0. The number of rotatable bonds is 7. The zero-order valence-corrected chi connectivity index (χ0v) is 38.8. The van der Waals surface area contributed by atoms with Crippen molar-refractivity contribution in [3.63, 3.8) is 0 Å². The molecule has 0 bridgehead atoms. The second kappa shape index (κ2) is 16.5. The highest BCUT2D eigenvalue weighted by Gasteiger charge is 2.51. The lowest BCUT2D eigenvalue weighted by Crippen LogP contribution is -2.25. The van der Waals surface area contributed by atoms with Crippen LogP contribution < -0.4 is 0 Å². The van der Waals surface area contributed by atoms with Crippen LogP contribution in [0.4, 0.5) is 0 Å². The molecule has 0 saturated heterocycles. The highest BCUT2D eigenvalue weighted by molar-refractivity contribution is 6.00. The molecule has 0 saturated carbocycles. The van der Waals surface area contributed by atoms with Crippen LogP contribution in [0.25, 0.3) is 111 Å². The maximum Gasteiger partial charge on any atom is 0.160 e. The number of hydrogen-bond acceptors (Lipinski definition) is 2. The van der Waals surface area contributed by atoms with E-state index in [2.05, 4.69) is 261 Å². The molecule has 71 heavy (non-hydrogen) atoms. The van der Waals surface area contributed by atoms with Crippen LogP contribution in [0, 0.1) is 0 Å². The van der Waals surface area contributed by atoms with Gasteiger partial charge in [0.15, 0.2) is 5.82 Å². The summed E-state index contributed by atoms with van der Waals surface area (Å²) in [4.78, 5) is 10.6. The van der Waals surface area contributed by atoms with Crippen molar-refractivity contribution in [2.24, 2.45) is 0 Å². The van der Waals surface area contributed by atoms with Crippen LogP contribution in [0.3, 0.4) is 0 Å². The molecule has 2 nitrogen and oxygen atoms in total. The maximum atomic E-state index is 5.31. The maximum absolute atomic E-state index is 5.31. The summed E-state index contributed by atoms with van der Waals surface area (Å²) in [6, 6.07) is 97.4. The van der Waals surface area contributed by atoms with Gasteiger partial charge in [0.1, 0.15) is 0 Å². The molecule has 1 spiro atoms. The molecule has 2 heteroatoms. The van der Waals surface area contributed by atoms with Crippen molar-refractivity contribution in [1.29, 1.82) is 0 Å². The third kappa shape index (κ3) is 6.64. The molecule has 0 amide bonds. The molecule has 330 valence electrons. The van der Waals surface area contributed by atoms with Gasteiger partial charge in [-0.2, -0.15) is 0 Å². The van der Waals surface area contributed by atoms with Crippen LogP contribution in [0.15, 0.2) is 267 Å². The van der Waals surface area contributed by atoms with Crippen LogP contribution in [0.5, 0.6) is 0 Å². The van der Waals surface area contributed by atoms with E-state index in [0.717, 1.165) is 50.3 Å². The number of fused-ring (bicyclic) bond motifs is 11. The molecule has 1 aromatic heterocycles. The minimum Gasteiger partial charge on any atom is -0.228 e. The first-order valence-electron chi connectivity index (χ1n) is 24.5. The van der Waals surface area contributed by atoms with Crippen molar-refractivity contribution >= 4 is 10.8 Å². The van der Waals surface area contributed by atoms with E-state index in [1.807, 2.05) is 6.07 Å².